The van der Waals surface area contributed by atoms with Crippen LogP contribution >= 0.6 is 27.3 Å². The van der Waals surface area contributed by atoms with Crippen molar-refractivity contribution in [2.24, 2.45) is 0 Å². The van der Waals surface area contributed by atoms with Crippen molar-refractivity contribution in [1.29, 1.82) is 0 Å². The molecule has 23 heavy (non-hydrogen) atoms. The van der Waals surface area contributed by atoms with E-state index in [1.807, 2.05) is 4.90 Å². The number of anilines is 1. The molecule has 1 N–H and O–H groups in total. The van der Waals surface area contributed by atoms with E-state index in [2.05, 4.69) is 33.9 Å². The number of nitrogens with one attached hydrogen (secondary N) is 1. The summed E-state index contributed by atoms with van der Waals surface area (Å²) < 4.78 is 1.10. The molecule has 1 aromatic heterocycles. The van der Waals surface area contributed by atoms with Gasteiger partial charge in [-0.05, 0) is 58.3 Å². The summed E-state index contributed by atoms with van der Waals surface area (Å²) in [4.78, 5) is 27.3. The maximum Gasteiger partial charge on any atom is 0.254 e. The highest BCUT2D eigenvalue weighted by molar-refractivity contribution is 9.11. The fraction of sp³-hybridized carbons (Fsp3) is 0.176. The number of fused-ring (bicyclic) bond motifs is 1. The Balaban J connectivity index is 1.77. The Morgan fingerprint density at radius 1 is 1.35 bits per heavy atom. The number of thiophene rings is 1. The average molecular weight is 391 g/mol. The molecule has 3 rings (SSSR count). The second-order valence-corrected chi connectivity index (χ2v) is 7.77. The third-order valence-corrected chi connectivity index (χ3v) is 5.43. The van der Waals surface area contributed by atoms with E-state index in [1.54, 1.807) is 35.6 Å². The summed E-state index contributed by atoms with van der Waals surface area (Å²) in [5, 5.41) is 2.68. The summed E-state index contributed by atoms with van der Waals surface area (Å²) in [5.74, 6) is -0.312. The van der Waals surface area contributed by atoms with Gasteiger partial charge in [0.25, 0.3) is 5.91 Å². The van der Waals surface area contributed by atoms with E-state index in [1.165, 1.54) is 16.5 Å². The van der Waals surface area contributed by atoms with Crippen LogP contribution in [0.3, 0.4) is 0 Å². The molecule has 0 fully saturated rings. The minimum atomic E-state index is -0.291. The summed E-state index contributed by atoms with van der Waals surface area (Å²) >= 11 is 5.23. The van der Waals surface area contributed by atoms with Gasteiger partial charge in [0.2, 0.25) is 5.91 Å². The number of carbonyl (C=O) groups is 2. The van der Waals surface area contributed by atoms with Gasteiger partial charge in [0, 0.05) is 29.2 Å². The van der Waals surface area contributed by atoms with Gasteiger partial charge in [-0.3, -0.25) is 9.59 Å². The molecule has 0 aliphatic carbocycles. The molecule has 6 heteroatoms. The number of hydrogen-bond acceptors (Lipinski definition) is 3. The molecule has 0 saturated heterocycles. The van der Waals surface area contributed by atoms with Crippen LogP contribution < -0.4 is 5.32 Å². The summed E-state index contributed by atoms with van der Waals surface area (Å²) in [6, 6.07) is 9.07. The summed E-state index contributed by atoms with van der Waals surface area (Å²) in [5.41, 5.74) is 2.37. The Bertz CT molecular complexity index is 785. The molecule has 1 aliphatic heterocycles. The van der Waals surface area contributed by atoms with E-state index in [-0.39, 0.29) is 11.8 Å². The van der Waals surface area contributed by atoms with Crippen LogP contribution in [-0.4, -0.2) is 23.3 Å². The quantitative estimate of drug-likeness (QED) is 0.809. The second-order valence-electron chi connectivity index (χ2n) is 5.25. The van der Waals surface area contributed by atoms with Crippen molar-refractivity contribution in [3.63, 3.8) is 0 Å². The predicted octanol–water partition coefficient (Wildman–Crippen LogP) is 3.83. The Labute approximate surface area is 146 Å². The number of amides is 2. The largest absolute Gasteiger partial charge is 0.334 e. The summed E-state index contributed by atoms with van der Waals surface area (Å²) in [6.45, 7) is 4.76. The first-order valence-electron chi connectivity index (χ1n) is 7.16. The molecule has 2 heterocycles. The van der Waals surface area contributed by atoms with E-state index >= 15 is 0 Å². The molecule has 0 saturated carbocycles. The lowest BCUT2D eigenvalue weighted by Gasteiger charge is -2.27. The maximum atomic E-state index is 12.7. The molecule has 0 unspecified atom stereocenters. The first-order chi connectivity index (χ1) is 11.1. The van der Waals surface area contributed by atoms with Crippen molar-refractivity contribution < 1.29 is 9.59 Å². The maximum absolute atomic E-state index is 12.7. The van der Waals surface area contributed by atoms with Crippen LogP contribution in [0.25, 0.3) is 0 Å². The number of halogens is 1. The van der Waals surface area contributed by atoms with Crippen LogP contribution in [-0.2, 0) is 17.8 Å². The van der Waals surface area contributed by atoms with Crippen molar-refractivity contribution in [3.8, 4) is 0 Å². The number of hydrogen-bond donors (Lipinski definition) is 1. The first-order valence-corrected chi connectivity index (χ1v) is 8.77. The zero-order valence-electron chi connectivity index (χ0n) is 12.3. The van der Waals surface area contributed by atoms with Gasteiger partial charge in [0.05, 0.1) is 3.79 Å². The van der Waals surface area contributed by atoms with Gasteiger partial charge in [0.15, 0.2) is 0 Å². The van der Waals surface area contributed by atoms with Crippen molar-refractivity contribution in [1.82, 2.24) is 4.90 Å². The number of rotatable bonds is 3. The zero-order valence-corrected chi connectivity index (χ0v) is 14.7. The SMILES string of the molecule is C=CC(=O)Nc1cccc(C(=O)N2CCc3sc(Br)cc3C2)c1. The number of carbonyl (C=O) groups excluding carboxylic acids is 2. The van der Waals surface area contributed by atoms with Gasteiger partial charge in [0.1, 0.15) is 0 Å². The molecule has 0 bridgehead atoms. The smallest absolute Gasteiger partial charge is 0.254 e. The van der Waals surface area contributed by atoms with Crippen molar-refractivity contribution in [3.05, 3.63) is 62.8 Å². The third kappa shape index (κ3) is 3.54. The molecule has 2 amide bonds. The van der Waals surface area contributed by atoms with Crippen molar-refractivity contribution in [2.75, 3.05) is 11.9 Å². The topological polar surface area (TPSA) is 49.4 Å². The second kappa shape index (κ2) is 6.68. The van der Waals surface area contributed by atoms with Gasteiger partial charge < -0.3 is 10.2 Å². The first kappa shape index (κ1) is 16.0. The highest BCUT2D eigenvalue weighted by Crippen LogP contribution is 2.32. The molecule has 4 nitrogen and oxygen atoms in total. The number of benzene rings is 1. The predicted molar refractivity (Wildman–Crippen MR) is 95.7 cm³/mol. The molecule has 118 valence electrons. The number of nitrogens with zero attached hydrogens (tertiary/aromatic N) is 1. The molecular formula is C17H15BrN2O2S. The van der Waals surface area contributed by atoms with Crippen LogP contribution in [0.15, 0.2) is 46.8 Å². The normalized spacial score (nSPS) is 13.3. The van der Waals surface area contributed by atoms with Gasteiger partial charge in [-0.1, -0.05) is 12.6 Å². The molecule has 2 aromatic rings. The molecule has 0 spiro atoms. The zero-order chi connectivity index (χ0) is 16.4. The Morgan fingerprint density at radius 2 is 2.17 bits per heavy atom. The Morgan fingerprint density at radius 3 is 2.96 bits per heavy atom. The minimum Gasteiger partial charge on any atom is -0.334 e. The monoisotopic (exact) mass is 390 g/mol. The molecule has 1 aliphatic rings. The Hall–Kier alpha value is -1.92. The molecular weight excluding hydrogens is 376 g/mol. The molecule has 0 radical (unpaired) electrons. The van der Waals surface area contributed by atoms with Crippen LogP contribution in [0.1, 0.15) is 20.8 Å². The van der Waals surface area contributed by atoms with Crippen LogP contribution in [0, 0.1) is 0 Å². The van der Waals surface area contributed by atoms with E-state index in [4.69, 9.17) is 0 Å². The lowest BCUT2D eigenvalue weighted by molar-refractivity contribution is -0.111. The lowest BCUT2D eigenvalue weighted by atomic mass is 10.1. The van der Waals surface area contributed by atoms with Crippen molar-refractivity contribution >= 4 is 44.8 Å². The van der Waals surface area contributed by atoms with Crippen LogP contribution in [0.2, 0.25) is 0 Å². The van der Waals surface area contributed by atoms with Gasteiger partial charge >= 0.3 is 0 Å². The van der Waals surface area contributed by atoms with E-state index in [9.17, 15) is 9.59 Å². The molecule has 0 atom stereocenters. The minimum absolute atomic E-state index is 0.0207. The Kier molecular flexibility index (Phi) is 4.63. The molecule has 1 aromatic carbocycles. The highest BCUT2D eigenvalue weighted by atomic mass is 79.9. The van der Waals surface area contributed by atoms with E-state index in [0.717, 1.165) is 10.2 Å². The van der Waals surface area contributed by atoms with Crippen LogP contribution in [0.4, 0.5) is 5.69 Å². The van der Waals surface area contributed by atoms with Gasteiger partial charge in [-0.2, -0.15) is 0 Å². The van der Waals surface area contributed by atoms with E-state index in [0.29, 0.717) is 24.3 Å². The lowest BCUT2D eigenvalue weighted by Crippen LogP contribution is -2.35. The summed E-state index contributed by atoms with van der Waals surface area (Å²) in [6.07, 6.45) is 2.08. The van der Waals surface area contributed by atoms with Crippen LogP contribution in [0.5, 0.6) is 0 Å². The third-order valence-electron chi connectivity index (χ3n) is 3.69. The summed E-state index contributed by atoms with van der Waals surface area (Å²) in [7, 11) is 0. The van der Waals surface area contributed by atoms with Crippen molar-refractivity contribution in [2.45, 2.75) is 13.0 Å². The van der Waals surface area contributed by atoms with E-state index < -0.39 is 0 Å². The fourth-order valence-corrected chi connectivity index (χ4v) is 4.32. The standard InChI is InChI=1S/C17H15BrN2O2S/c1-2-16(21)19-13-5-3-4-11(8-13)17(22)20-7-6-14-12(10-20)9-15(18)23-14/h2-5,8-9H,1,6-7,10H2,(H,19,21). The highest BCUT2D eigenvalue weighted by Gasteiger charge is 2.23. The average Bonchev–Trinajstić information content (AvgIpc) is 2.93. The van der Waals surface area contributed by atoms with Gasteiger partial charge in [-0.15, -0.1) is 11.3 Å². The van der Waals surface area contributed by atoms with Gasteiger partial charge in [-0.25, -0.2) is 0 Å². The fourth-order valence-electron chi connectivity index (χ4n) is 2.58.